The molecule has 2 rings (SSSR count). The summed E-state index contributed by atoms with van der Waals surface area (Å²) in [5.41, 5.74) is 0.997. The average molecular weight is 360 g/mol. The topological polar surface area (TPSA) is 63.7 Å². The summed E-state index contributed by atoms with van der Waals surface area (Å²) in [4.78, 5) is 13.9. The SMILES string of the molecule is CCCOc1ccc(C(C)N2CC(CS(=O)(=O)Cl)CC2=O)cc1. The van der Waals surface area contributed by atoms with Crippen LogP contribution >= 0.6 is 10.7 Å². The predicted octanol–water partition coefficient (Wildman–Crippen LogP) is 2.95. The molecule has 1 amide bonds. The van der Waals surface area contributed by atoms with Gasteiger partial charge in [-0.2, -0.15) is 0 Å². The third-order valence-electron chi connectivity index (χ3n) is 3.98. The third-order valence-corrected chi connectivity index (χ3v) is 5.22. The molecule has 0 N–H and O–H groups in total. The van der Waals surface area contributed by atoms with Gasteiger partial charge in [0.25, 0.3) is 0 Å². The number of carbonyl (C=O) groups is 1. The van der Waals surface area contributed by atoms with E-state index in [4.69, 9.17) is 15.4 Å². The summed E-state index contributed by atoms with van der Waals surface area (Å²) in [6.45, 7) is 5.08. The fraction of sp³-hybridized carbons (Fsp3) is 0.562. The summed E-state index contributed by atoms with van der Waals surface area (Å²) >= 11 is 0. The van der Waals surface area contributed by atoms with Gasteiger partial charge < -0.3 is 9.64 Å². The van der Waals surface area contributed by atoms with Gasteiger partial charge in [0.15, 0.2) is 0 Å². The van der Waals surface area contributed by atoms with Gasteiger partial charge in [-0.3, -0.25) is 4.79 Å². The van der Waals surface area contributed by atoms with Crippen molar-refractivity contribution >= 4 is 25.6 Å². The van der Waals surface area contributed by atoms with Gasteiger partial charge in [0.2, 0.25) is 15.0 Å². The van der Waals surface area contributed by atoms with Gasteiger partial charge in [-0.1, -0.05) is 19.1 Å². The van der Waals surface area contributed by atoms with E-state index in [1.807, 2.05) is 38.1 Å². The molecule has 0 aromatic heterocycles. The zero-order chi connectivity index (χ0) is 17.0. The third kappa shape index (κ3) is 5.11. The fourth-order valence-corrected chi connectivity index (χ4v) is 4.14. The number of likely N-dealkylation sites (tertiary alicyclic amines) is 1. The molecule has 1 aliphatic rings. The van der Waals surface area contributed by atoms with Crippen LogP contribution in [0.15, 0.2) is 24.3 Å². The van der Waals surface area contributed by atoms with Crippen LogP contribution in [-0.4, -0.2) is 38.1 Å². The Morgan fingerprint density at radius 1 is 1.35 bits per heavy atom. The largest absolute Gasteiger partial charge is 0.494 e. The van der Waals surface area contributed by atoms with Crippen molar-refractivity contribution in [3.63, 3.8) is 0 Å². The molecular formula is C16H22ClNO4S. The number of halogens is 1. The maximum absolute atomic E-state index is 12.2. The Hall–Kier alpha value is -1.27. The van der Waals surface area contributed by atoms with E-state index in [0.717, 1.165) is 17.7 Å². The van der Waals surface area contributed by atoms with Crippen molar-refractivity contribution in [3.8, 4) is 5.75 Å². The van der Waals surface area contributed by atoms with Crippen LogP contribution in [0.4, 0.5) is 0 Å². The molecule has 1 aliphatic heterocycles. The van der Waals surface area contributed by atoms with Gasteiger partial charge in [0.1, 0.15) is 5.75 Å². The van der Waals surface area contributed by atoms with Crippen LogP contribution in [0.2, 0.25) is 0 Å². The average Bonchev–Trinajstić information content (AvgIpc) is 2.83. The van der Waals surface area contributed by atoms with Gasteiger partial charge >= 0.3 is 0 Å². The number of carbonyl (C=O) groups excluding carboxylic acids is 1. The minimum absolute atomic E-state index is 0.0332. The highest BCUT2D eigenvalue weighted by Gasteiger charge is 2.35. The van der Waals surface area contributed by atoms with E-state index in [9.17, 15) is 13.2 Å². The second-order valence-electron chi connectivity index (χ2n) is 5.92. The first-order chi connectivity index (χ1) is 10.8. The number of hydrogen-bond acceptors (Lipinski definition) is 4. The van der Waals surface area contributed by atoms with Crippen LogP contribution < -0.4 is 4.74 Å². The van der Waals surface area contributed by atoms with E-state index in [2.05, 4.69) is 0 Å². The van der Waals surface area contributed by atoms with Crippen LogP contribution in [0.5, 0.6) is 5.75 Å². The van der Waals surface area contributed by atoms with E-state index < -0.39 is 9.05 Å². The minimum Gasteiger partial charge on any atom is -0.494 e. The van der Waals surface area contributed by atoms with E-state index in [1.165, 1.54) is 0 Å². The lowest BCUT2D eigenvalue weighted by molar-refractivity contribution is -0.129. The van der Waals surface area contributed by atoms with Crippen molar-refractivity contribution in [2.45, 2.75) is 32.7 Å². The first kappa shape index (κ1) is 18.1. The van der Waals surface area contributed by atoms with Crippen molar-refractivity contribution in [2.75, 3.05) is 18.9 Å². The molecule has 2 unspecified atom stereocenters. The standard InChI is InChI=1S/C16H22ClNO4S/c1-3-8-22-15-6-4-14(5-7-15)12(2)18-10-13(9-16(18)19)11-23(17,20)21/h4-7,12-13H,3,8-11H2,1-2H3. The number of amides is 1. The normalized spacial score (nSPS) is 19.9. The lowest BCUT2D eigenvalue weighted by atomic mass is 10.1. The van der Waals surface area contributed by atoms with Crippen molar-refractivity contribution in [1.82, 2.24) is 4.90 Å². The summed E-state index contributed by atoms with van der Waals surface area (Å²) < 4.78 is 27.9. The summed E-state index contributed by atoms with van der Waals surface area (Å²) in [5, 5.41) is 0. The van der Waals surface area contributed by atoms with E-state index in [-0.39, 0.29) is 30.0 Å². The highest BCUT2D eigenvalue weighted by atomic mass is 35.7. The van der Waals surface area contributed by atoms with Crippen molar-refractivity contribution in [3.05, 3.63) is 29.8 Å². The molecule has 1 aromatic carbocycles. The van der Waals surface area contributed by atoms with E-state index in [0.29, 0.717) is 13.2 Å². The first-order valence-electron chi connectivity index (χ1n) is 7.74. The van der Waals surface area contributed by atoms with Gasteiger partial charge in [0.05, 0.1) is 18.4 Å². The zero-order valence-corrected chi connectivity index (χ0v) is 14.9. The van der Waals surface area contributed by atoms with E-state index in [1.54, 1.807) is 4.90 Å². The van der Waals surface area contributed by atoms with Crippen LogP contribution in [0.25, 0.3) is 0 Å². The molecule has 1 fully saturated rings. The first-order valence-corrected chi connectivity index (χ1v) is 10.2. The van der Waals surface area contributed by atoms with Crippen molar-refractivity contribution in [2.24, 2.45) is 5.92 Å². The highest BCUT2D eigenvalue weighted by Crippen LogP contribution is 2.30. The van der Waals surface area contributed by atoms with Crippen molar-refractivity contribution < 1.29 is 17.9 Å². The molecule has 0 spiro atoms. The van der Waals surface area contributed by atoms with Crippen LogP contribution in [-0.2, 0) is 13.8 Å². The molecule has 5 nitrogen and oxygen atoms in total. The van der Waals surface area contributed by atoms with Crippen molar-refractivity contribution in [1.29, 1.82) is 0 Å². The zero-order valence-electron chi connectivity index (χ0n) is 13.4. The molecule has 1 aromatic rings. The number of ether oxygens (including phenoxy) is 1. The van der Waals surface area contributed by atoms with E-state index >= 15 is 0 Å². The van der Waals surface area contributed by atoms with Crippen LogP contribution in [0.1, 0.15) is 38.3 Å². The number of rotatable bonds is 7. The molecular weight excluding hydrogens is 338 g/mol. The van der Waals surface area contributed by atoms with Gasteiger partial charge in [-0.25, -0.2) is 8.42 Å². The summed E-state index contributed by atoms with van der Waals surface area (Å²) in [7, 11) is 1.71. The molecule has 0 saturated carbocycles. The summed E-state index contributed by atoms with van der Waals surface area (Å²) in [6, 6.07) is 7.56. The maximum atomic E-state index is 12.2. The molecule has 128 valence electrons. The second kappa shape index (κ2) is 7.53. The lowest BCUT2D eigenvalue weighted by Crippen LogP contribution is -2.29. The molecule has 2 atom stereocenters. The Morgan fingerprint density at radius 3 is 2.57 bits per heavy atom. The Labute approximate surface area is 142 Å². The Morgan fingerprint density at radius 2 is 2.00 bits per heavy atom. The smallest absolute Gasteiger partial charge is 0.232 e. The Bertz CT molecular complexity index is 645. The number of benzene rings is 1. The predicted molar refractivity (Wildman–Crippen MR) is 90.1 cm³/mol. The molecule has 7 heteroatoms. The quantitative estimate of drug-likeness (QED) is 0.702. The molecule has 23 heavy (non-hydrogen) atoms. The molecule has 1 heterocycles. The summed E-state index contributed by atoms with van der Waals surface area (Å²) in [6.07, 6.45) is 1.18. The summed E-state index contributed by atoms with van der Waals surface area (Å²) in [5.74, 6) is 0.378. The number of hydrogen-bond donors (Lipinski definition) is 0. The maximum Gasteiger partial charge on any atom is 0.232 e. The highest BCUT2D eigenvalue weighted by molar-refractivity contribution is 8.13. The lowest BCUT2D eigenvalue weighted by Gasteiger charge is -2.25. The fourth-order valence-electron chi connectivity index (χ4n) is 2.82. The van der Waals surface area contributed by atoms with Gasteiger partial charge in [0, 0.05) is 29.6 Å². The second-order valence-corrected chi connectivity index (χ2v) is 8.74. The van der Waals surface area contributed by atoms with Crippen LogP contribution in [0, 0.1) is 5.92 Å². The molecule has 0 radical (unpaired) electrons. The molecule has 0 aliphatic carbocycles. The minimum atomic E-state index is -3.58. The van der Waals surface area contributed by atoms with Gasteiger partial charge in [-0.15, -0.1) is 0 Å². The monoisotopic (exact) mass is 359 g/mol. The molecule has 0 bridgehead atoms. The number of nitrogens with zero attached hydrogens (tertiary/aromatic N) is 1. The van der Waals surface area contributed by atoms with Gasteiger partial charge in [-0.05, 0) is 31.0 Å². The van der Waals surface area contributed by atoms with Crippen LogP contribution in [0.3, 0.4) is 0 Å². The Balaban J connectivity index is 2.02. The Kier molecular flexibility index (Phi) is 5.92. The molecule has 1 saturated heterocycles.